The van der Waals surface area contributed by atoms with Crippen LogP contribution in [0.25, 0.3) is 21.8 Å². The quantitative estimate of drug-likeness (QED) is 0.443. The van der Waals surface area contributed by atoms with E-state index in [0.29, 0.717) is 16.3 Å². The Hall–Kier alpha value is -3.63. The summed E-state index contributed by atoms with van der Waals surface area (Å²) in [4.78, 5) is 43.5. The number of H-pyrrole nitrogens is 2. The minimum atomic E-state index is -0.388. The summed E-state index contributed by atoms with van der Waals surface area (Å²) in [6.07, 6.45) is 5.16. The van der Waals surface area contributed by atoms with E-state index >= 15 is 0 Å². The summed E-state index contributed by atoms with van der Waals surface area (Å²) in [5.74, 6) is -0.388. The first-order chi connectivity index (χ1) is 17.5. The van der Waals surface area contributed by atoms with Gasteiger partial charge in [0, 0.05) is 57.1 Å². The molecule has 2 fully saturated rings. The third-order valence-corrected chi connectivity index (χ3v) is 7.11. The van der Waals surface area contributed by atoms with Crippen molar-refractivity contribution in [3.8, 4) is 0 Å². The number of fused-ring (bicyclic) bond motifs is 2. The predicted octanol–water partition coefficient (Wildman–Crippen LogP) is 2.20. The largest absolute Gasteiger partial charge is 0.371 e. The fourth-order valence-electron chi connectivity index (χ4n) is 4.97. The first kappa shape index (κ1) is 24.1. The lowest BCUT2D eigenvalue weighted by molar-refractivity contribution is 0.0982. The van der Waals surface area contributed by atoms with Crippen LogP contribution in [-0.2, 0) is 0 Å². The van der Waals surface area contributed by atoms with E-state index in [9.17, 15) is 14.0 Å². The number of aromatic amines is 2. The number of nitrogens with zero attached hydrogens (tertiary/aromatic N) is 5. The van der Waals surface area contributed by atoms with Gasteiger partial charge in [0.25, 0.3) is 11.1 Å². The highest BCUT2D eigenvalue weighted by molar-refractivity contribution is 5.81. The molecule has 4 heterocycles. The highest BCUT2D eigenvalue weighted by Crippen LogP contribution is 2.25. The molecular formula is C26H30FN7O2. The van der Waals surface area contributed by atoms with Crippen molar-refractivity contribution in [2.75, 3.05) is 51.2 Å². The Kier molecular flexibility index (Phi) is 7.06. The SMILES string of the molecule is CN1CCN(C2CCN(c3ccc4c(=O)[nH]cnc4c3)CC2)CC1.O=c1[nH]cnc2cc(F)ccc12. The van der Waals surface area contributed by atoms with Crippen LogP contribution >= 0.6 is 0 Å². The lowest BCUT2D eigenvalue weighted by Gasteiger charge is -2.42. The Morgan fingerprint density at radius 3 is 2.03 bits per heavy atom. The van der Waals surface area contributed by atoms with Crippen LogP contribution in [0, 0.1) is 5.82 Å². The summed E-state index contributed by atoms with van der Waals surface area (Å²) in [5.41, 5.74) is 2.01. The molecule has 2 N–H and O–H groups in total. The van der Waals surface area contributed by atoms with Crippen LogP contribution in [0.5, 0.6) is 0 Å². The average Bonchev–Trinajstić information content (AvgIpc) is 2.90. The maximum absolute atomic E-state index is 12.6. The van der Waals surface area contributed by atoms with Crippen molar-refractivity contribution in [3.63, 3.8) is 0 Å². The third-order valence-electron chi connectivity index (χ3n) is 7.11. The number of aromatic nitrogens is 4. The number of piperidine rings is 1. The van der Waals surface area contributed by atoms with E-state index in [4.69, 9.17) is 0 Å². The van der Waals surface area contributed by atoms with Crippen LogP contribution in [0.15, 0.2) is 58.6 Å². The van der Waals surface area contributed by atoms with E-state index in [0.717, 1.165) is 24.6 Å². The number of halogens is 1. The van der Waals surface area contributed by atoms with Crippen molar-refractivity contribution in [2.45, 2.75) is 18.9 Å². The van der Waals surface area contributed by atoms with Crippen molar-refractivity contribution in [2.24, 2.45) is 0 Å². The van der Waals surface area contributed by atoms with E-state index in [1.165, 1.54) is 75.6 Å². The highest BCUT2D eigenvalue weighted by Gasteiger charge is 2.26. The van der Waals surface area contributed by atoms with Crippen LogP contribution in [-0.4, -0.2) is 82.1 Å². The van der Waals surface area contributed by atoms with Gasteiger partial charge in [-0.3, -0.25) is 14.5 Å². The van der Waals surface area contributed by atoms with Gasteiger partial charge in [-0.1, -0.05) is 0 Å². The average molecular weight is 492 g/mol. The molecule has 6 rings (SSSR count). The van der Waals surface area contributed by atoms with Crippen molar-refractivity contribution in [3.05, 3.63) is 75.6 Å². The molecule has 9 nitrogen and oxygen atoms in total. The molecule has 2 saturated heterocycles. The number of nitrogens with one attached hydrogen (secondary N) is 2. The highest BCUT2D eigenvalue weighted by atomic mass is 19.1. The van der Waals surface area contributed by atoms with Gasteiger partial charge < -0.3 is 19.8 Å². The van der Waals surface area contributed by atoms with Gasteiger partial charge in [0.2, 0.25) is 0 Å². The summed E-state index contributed by atoms with van der Waals surface area (Å²) < 4.78 is 12.6. The topological polar surface area (TPSA) is 101 Å². The smallest absolute Gasteiger partial charge is 0.258 e. The minimum absolute atomic E-state index is 0.0691. The monoisotopic (exact) mass is 491 g/mol. The molecule has 2 aliphatic heterocycles. The van der Waals surface area contributed by atoms with E-state index in [1.54, 1.807) is 0 Å². The van der Waals surface area contributed by atoms with E-state index in [-0.39, 0.29) is 16.9 Å². The molecule has 2 aliphatic rings. The number of anilines is 1. The molecule has 2 aromatic heterocycles. The molecular weight excluding hydrogens is 461 g/mol. The maximum atomic E-state index is 12.6. The van der Waals surface area contributed by atoms with Gasteiger partial charge in [0.15, 0.2) is 0 Å². The first-order valence-corrected chi connectivity index (χ1v) is 12.3. The maximum Gasteiger partial charge on any atom is 0.258 e. The van der Waals surface area contributed by atoms with Gasteiger partial charge in [-0.05, 0) is 50.2 Å². The number of benzene rings is 2. The van der Waals surface area contributed by atoms with Gasteiger partial charge in [0.1, 0.15) is 5.82 Å². The summed E-state index contributed by atoms with van der Waals surface area (Å²) in [6, 6.07) is 10.6. The molecule has 0 saturated carbocycles. The van der Waals surface area contributed by atoms with E-state index < -0.39 is 0 Å². The second-order valence-corrected chi connectivity index (χ2v) is 9.38. The Balaban J connectivity index is 0.000000186. The van der Waals surface area contributed by atoms with Gasteiger partial charge in [0.05, 0.1) is 34.5 Å². The van der Waals surface area contributed by atoms with Crippen LogP contribution in [0.4, 0.5) is 10.1 Å². The summed E-state index contributed by atoms with van der Waals surface area (Å²) in [6.45, 7) is 6.92. The molecule has 0 amide bonds. The normalized spacial score (nSPS) is 17.8. The number of likely N-dealkylation sites (N-methyl/N-ethyl adjacent to an activating group) is 1. The van der Waals surface area contributed by atoms with Gasteiger partial charge in [-0.2, -0.15) is 0 Å². The van der Waals surface area contributed by atoms with Crippen molar-refractivity contribution in [1.82, 2.24) is 29.7 Å². The second kappa shape index (κ2) is 10.5. The number of rotatable bonds is 2. The molecule has 0 spiro atoms. The lowest BCUT2D eigenvalue weighted by Crippen LogP contribution is -2.52. The molecule has 2 aromatic carbocycles. The zero-order valence-corrected chi connectivity index (χ0v) is 20.3. The lowest BCUT2D eigenvalue weighted by atomic mass is 10.0. The zero-order valence-electron chi connectivity index (χ0n) is 20.3. The Labute approximate surface area is 207 Å². The van der Waals surface area contributed by atoms with Crippen LogP contribution < -0.4 is 16.0 Å². The van der Waals surface area contributed by atoms with Crippen molar-refractivity contribution < 1.29 is 4.39 Å². The van der Waals surface area contributed by atoms with Crippen LogP contribution in [0.2, 0.25) is 0 Å². The molecule has 0 aliphatic carbocycles. The van der Waals surface area contributed by atoms with Gasteiger partial charge >= 0.3 is 0 Å². The van der Waals surface area contributed by atoms with Gasteiger partial charge in [-0.25, -0.2) is 14.4 Å². The molecule has 4 aromatic rings. The van der Waals surface area contributed by atoms with E-state index in [1.807, 2.05) is 12.1 Å². The Morgan fingerprint density at radius 2 is 1.39 bits per heavy atom. The molecule has 0 radical (unpaired) electrons. The number of hydrogen-bond acceptors (Lipinski definition) is 7. The fourth-order valence-corrected chi connectivity index (χ4v) is 4.97. The molecule has 10 heteroatoms. The van der Waals surface area contributed by atoms with Crippen LogP contribution in [0.1, 0.15) is 12.8 Å². The summed E-state index contributed by atoms with van der Waals surface area (Å²) >= 11 is 0. The molecule has 36 heavy (non-hydrogen) atoms. The number of piperazine rings is 1. The molecule has 0 unspecified atom stereocenters. The minimum Gasteiger partial charge on any atom is -0.371 e. The van der Waals surface area contributed by atoms with Crippen molar-refractivity contribution in [1.29, 1.82) is 0 Å². The summed E-state index contributed by atoms with van der Waals surface area (Å²) in [5, 5.41) is 1.06. The van der Waals surface area contributed by atoms with Crippen LogP contribution in [0.3, 0.4) is 0 Å². The molecule has 0 atom stereocenters. The Morgan fingerprint density at radius 1 is 0.806 bits per heavy atom. The second-order valence-electron chi connectivity index (χ2n) is 9.38. The molecule has 0 bridgehead atoms. The van der Waals surface area contributed by atoms with Gasteiger partial charge in [-0.15, -0.1) is 0 Å². The summed E-state index contributed by atoms with van der Waals surface area (Å²) in [7, 11) is 2.21. The van der Waals surface area contributed by atoms with E-state index in [2.05, 4.69) is 47.7 Å². The zero-order chi connectivity index (χ0) is 25.1. The molecule has 188 valence electrons. The van der Waals surface area contributed by atoms with Crippen molar-refractivity contribution >= 4 is 27.5 Å². The standard InChI is InChI=1S/C18H25N5O.C8H5FN2O/c1-21-8-10-23(11-9-21)14-4-6-22(7-5-14)15-2-3-16-17(12-15)19-13-20-18(16)24;9-5-1-2-6-7(3-5)10-4-11-8(6)12/h2-3,12-14H,4-11H2,1H3,(H,19,20,24);1-4H,(H,10,11,12). The predicted molar refractivity (Wildman–Crippen MR) is 139 cm³/mol. The number of hydrogen-bond donors (Lipinski definition) is 2. The Bertz CT molecular complexity index is 1450. The third kappa shape index (κ3) is 5.29. The fraction of sp³-hybridized carbons (Fsp3) is 0.385. The first-order valence-electron chi connectivity index (χ1n) is 12.3.